The molecule has 5 nitrogen and oxygen atoms in total. The zero-order valence-corrected chi connectivity index (χ0v) is 11.1. The number of nitrogens with one attached hydrogen (secondary N) is 1. The Morgan fingerprint density at radius 1 is 1.50 bits per heavy atom. The molecule has 1 aliphatic heterocycles. The maximum absolute atomic E-state index is 12.0. The highest BCUT2D eigenvalue weighted by Crippen LogP contribution is 2.16. The van der Waals surface area contributed by atoms with Gasteiger partial charge in [0.1, 0.15) is 11.5 Å². The molecule has 1 saturated heterocycles. The zero-order valence-electron chi connectivity index (χ0n) is 10.3. The van der Waals surface area contributed by atoms with Gasteiger partial charge in [-0.3, -0.25) is 4.79 Å². The molecule has 0 atom stereocenters. The van der Waals surface area contributed by atoms with Gasteiger partial charge in [0.2, 0.25) is 0 Å². The molecule has 0 aliphatic carbocycles. The number of piperidine rings is 1. The second kappa shape index (κ2) is 5.54. The lowest BCUT2D eigenvalue weighted by Crippen LogP contribution is -2.43. The number of carbonyl (C=O) groups excluding carboxylic acids is 1. The summed E-state index contributed by atoms with van der Waals surface area (Å²) >= 11 is 5.94. The normalized spacial score (nSPS) is 17.7. The van der Waals surface area contributed by atoms with Crippen molar-refractivity contribution in [3.8, 4) is 0 Å². The number of likely N-dealkylation sites (tertiary alicyclic amines) is 1. The summed E-state index contributed by atoms with van der Waals surface area (Å²) in [5.41, 5.74) is 5.76. The van der Waals surface area contributed by atoms with E-state index in [9.17, 15) is 4.79 Å². The number of halogens is 1. The van der Waals surface area contributed by atoms with Crippen LogP contribution in [0.4, 0.5) is 5.82 Å². The lowest BCUT2D eigenvalue weighted by Gasteiger charge is -2.29. The van der Waals surface area contributed by atoms with Crippen LogP contribution >= 0.6 is 11.6 Å². The Kier molecular flexibility index (Phi) is 4.04. The Morgan fingerprint density at radius 2 is 2.17 bits per heavy atom. The van der Waals surface area contributed by atoms with Crippen molar-refractivity contribution < 1.29 is 4.79 Å². The van der Waals surface area contributed by atoms with Gasteiger partial charge in [0.25, 0.3) is 5.91 Å². The first kappa shape index (κ1) is 13.1. The Hall–Kier alpha value is -1.33. The minimum atomic E-state index is -0.248. The van der Waals surface area contributed by atoms with Gasteiger partial charge in [-0.15, -0.1) is 0 Å². The number of carbonyl (C=O) groups is 1. The largest absolute Gasteiger partial charge is 0.384 e. The zero-order chi connectivity index (χ0) is 13.1. The van der Waals surface area contributed by atoms with E-state index in [1.54, 1.807) is 12.1 Å². The first-order valence-electron chi connectivity index (χ1n) is 5.97. The summed E-state index contributed by atoms with van der Waals surface area (Å²) in [6, 6.07) is 3.36. The Morgan fingerprint density at radius 3 is 2.83 bits per heavy atom. The fraction of sp³-hybridized carbons (Fsp3) is 0.500. The van der Waals surface area contributed by atoms with Crippen LogP contribution in [0.2, 0.25) is 5.02 Å². The molecular formula is C12H17ClN4O. The summed E-state index contributed by atoms with van der Waals surface area (Å²) in [6.07, 6.45) is 1.89. The number of pyridine rings is 1. The lowest BCUT2D eigenvalue weighted by atomic mass is 10.1. The number of rotatable bonds is 2. The Labute approximate surface area is 111 Å². The van der Waals surface area contributed by atoms with Gasteiger partial charge in [0, 0.05) is 6.04 Å². The summed E-state index contributed by atoms with van der Waals surface area (Å²) in [7, 11) is 2.08. The van der Waals surface area contributed by atoms with Crippen LogP contribution < -0.4 is 11.1 Å². The van der Waals surface area contributed by atoms with E-state index in [2.05, 4.69) is 22.2 Å². The number of anilines is 1. The smallest absolute Gasteiger partial charge is 0.271 e. The standard InChI is InChI=1S/C12H17ClN4O/c1-17-6-4-8(5-7-17)15-12(18)11-9(13)2-3-10(14)16-11/h2-3,8H,4-7H2,1H3,(H2,14,16)(H,15,18). The fourth-order valence-corrected chi connectivity index (χ4v) is 2.21. The number of nitrogen functional groups attached to an aromatic ring is 1. The van der Waals surface area contributed by atoms with Gasteiger partial charge in [-0.2, -0.15) is 0 Å². The maximum atomic E-state index is 12.0. The molecule has 18 heavy (non-hydrogen) atoms. The molecule has 6 heteroatoms. The van der Waals surface area contributed by atoms with E-state index >= 15 is 0 Å². The van der Waals surface area contributed by atoms with Crippen molar-refractivity contribution in [1.29, 1.82) is 0 Å². The lowest BCUT2D eigenvalue weighted by molar-refractivity contribution is 0.0912. The molecule has 1 aromatic heterocycles. The van der Waals surface area contributed by atoms with Gasteiger partial charge >= 0.3 is 0 Å². The molecule has 1 aliphatic rings. The predicted octanol–water partition coefficient (Wildman–Crippen LogP) is 1.14. The fourth-order valence-electron chi connectivity index (χ4n) is 2.02. The van der Waals surface area contributed by atoms with Gasteiger partial charge in [0.05, 0.1) is 5.02 Å². The van der Waals surface area contributed by atoms with Crippen LogP contribution in [0.3, 0.4) is 0 Å². The second-order valence-corrected chi connectivity index (χ2v) is 5.02. The van der Waals surface area contributed by atoms with Gasteiger partial charge in [-0.05, 0) is 45.1 Å². The molecule has 0 unspecified atom stereocenters. The Bertz CT molecular complexity index is 444. The van der Waals surface area contributed by atoms with E-state index in [1.807, 2.05) is 0 Å². The molecule has 3 N–H and O–H groups in total. The predicted molar refractivity (Wildman–Crippen MR) is 71.6 cm³/mol. The van der Waals surface area contributed by atoms with Crippen LogP contribution in [0.15, 0.2) is 12.1 Å². The van der Waals surface area contributed by atoms with E-state index in [0.717, 1.165) is 25.9 Å². The van der Waals surface area contributed by atoms with Gasteiger partial charge in [-0.25, -0.2) is 4.98 Å². The minimum absolute atomic E-state index is 0.188. The van der Waals surface area contributed by atoms with Crippen molar-refractivity contribution in [3.05, 3.63) is 22.8 Å². The monoisotopic (exact) mass is 268 g/mol. The van der Waals surface area contributed by atoms with Crippen LogP contribution in [0, 0.1) is 0 Å². The minimum Gasteiger partial charge on any atom is -0.384 e. The first-order chi connectivity index (χ1) is 8.56. The van der Waals surface area contributed by atoms with E-state index in [-0.39, 0.29) is 17.6 Å². The highest BCUT2D eigenvalue weighted by atomic mass is 35.5. The molecule has 2 heterocycles. The maximum Gasteiger partial charge on any atom is 0.271 e. The number of nitrogens with two attached hydrogens (primary N) is 1. The van der Waals surface area contributed by atoms with E-state index in [1.165, 1.54) is 0 Å². The number of amides is 1. The number of hydrogen-bond donors (Lipinski definition) is 2. The van der Waals surface area contributed by atoms with Crippen LogP contribution in [-0.4, -0.2) is 42.0 Å². The molecular weight excluding hydrogens is 252 g/mol. The van der Waals surface area contributed by atoms with Crippen LogP contribution in [0.1, 0.15) is 23.3 Å². The van der Waals surface area contributed by atoms with E-state index in [0.29, 0.717) is 10.8 Å². The molecule has 1 amide bonds. The van der Waals surface area contributed by atoms with E-state index < -0.39 is 0 Å². The molecule has 1 aromatic rings. The van der Waals surface area contributed by atoms with Crippen molar-refractivity contribution in [2.24, 2.45) is 0 Å². The van der Waals surface area contributed by atoms with Gasteiger partial charge < -0.3 is 16.0 Å². The quantitative estimate of drug-likeness (QED) is 0.844. The average Bonchev–Trinajstić information content (AvgIpc) is 2.35. The third-order valence-electron chi connectivity index (χ3n) is 3.14. The summed E-state index contributed by atoms with van der Waals surface area (Å²) < 4.78 is 0. The van der Waals surface area contributed by atoms with Gasteiger partial charge in [-0.1, -0.05) is 11.6 Å². The molecule has 0 bridgehead atoms. The summed E-state index contributed by atoms with van der Waals surface area (Å²) in [5, 5.41) is 3.28. The van der Waals surface area contributed by atoms with Crippen LogP contribution in [0.5, 0.6) is 0 Å². The van der Waals surface area contributed by atoms with Crippen molar-refractivity contribution in [2.45, 2.75) is 18.9 Å². The first-order valence-corrected chi connectivity index (χ1v) is 6.35. The Balaban J connectivity index is 2.01. The number of hydrogen-bond acceptors (Lipinski definition) is 4. The molecule has 98 valence electrons. The average molecular weight is 269 g/mol. The van der Waals surface area contributed by atoms with E-state index in [4.69, 9.17) is 17.3 Å². The highest BCUT2D eigenvalue weighted by Gasteiger charge is 2.21. The van der Waals surface area contributed by atoms with Crippen molar-refractivity contribution in [2.75, 3.05) is 25.9 Å². The number of aromatic nitrogens is 1. The number of nitrogens with zero attached hydrogens (tertiary/aromatic N) is 2. The molecule has 0 aromatic carbocycles. The molecule has 1 fully saturated rings. The highest BCUT2D eigenvalue weighted by molar-refractivity contribution is 6.33. The third-order valence-corrected chi connectivity index (χ3v) is 3.44. The van der Waals surface area contributed by atoms with Crippen molar-refractivity contribution in [1.82, 2.24) is 15.2 Å². The van der Waals surface area contributed by atoms with Crippen LogP contribution in [-0.2, 0) is 0 Å². The van der Waals surface area contributed by atoms with Crippen molar-refractivity contribution >= 4 is 23.3 Å². The molecule has 2 rings (SSSR count). The summed E-state index contributed by atoms with van der Waals surface area (Å²) in [6.45, 7) is 1.98. The third kappa shape index (κ3) is 3.11. The summed E-state index contributed by atoms with van der Waals surface area (Å²) in [5.74, 6) is 0.0507. The molecule has 0 saturated carbocycles. The van der Waals surface area contributed by atoms with Crippen LogP contribution in [0.25, 0.3) is 0 Å². The van der Waals surface area contributed by atoms with Gasteiger partial charge in [0.15, 0.2) is 0 Å². The summed E-state index contributed by atoms with van der Waals surface area (Å²) in [4.78, 5) is 18.3. The molecule has 0 radical (unpaired) electrons. The van der Waals surface area contributed by atoms with Crippen molar-refractivity contribution in [3.63, 3.8) is 0 Å². The topological polar surface area (TPSA) is 71.2 Å². The second-order valence-electron chi connectivity index (χ2n) is 4.62. The molecule has 0 spiro atoms. The SMILES string of the molecule is CN1CCC(NC(=O)c2nc(N)ccc2Cl)CC1.